The van der Waals surface area contributed by atoms with Gasteiger partial charge in [0.05, 0.1) is 24.8 Å². The van der Waals surface area contributed by atoms with E-state index in [1.807, 2.05) is 26.0 Å². The molecule has 21 N–H and O–H groups in total. The van der Waals surface area contributed by atoms with Crippen LogP contribution in [0, 0.1) is 5.92 Å². The number of carboxylic acid groups (broad SMARTS) is 1. The minimum absolute atomic E-state index is 0.0182. The summed E-state index contributed by atoms with van der Waals surface area (Å²) in [5.74, 6) is -18.6. The Labute approximate surface area is 744 Å². The van der Waals surface area contributed by atoms with E-state index in [4.69, 9.17) is 22.9 Å². The smallest absolute Gasteiger partial charge is 0.305 e. The van der Waals surface area contributed by atoms with Crippen molar-refractivity contribution < 1.29 is 96.5 Å². The highest BCUT2D eigenvalue weighted by Gasteiger charge is 2.46. The van der Waals surface area contributed by atoms with Crippen molar-refractivity contribution in [2.75, 3.05) is 64.9 Å². The summed E-state index contributed by atoms with van der Waals surface area (Å²) in [6.07, 6.45) is 2.62. The number of hydrogen-bond donors (Lipinski definition) is 17. The number of hydrogen-bond acceptors (Lipinski definition) is 22. The summed E-state index contributed by atoms with van der Waals surface area (Å²) in [5, 5.41) is 45.4. The van der Waals surface area contributed by atoms with E-state index in [9.17, 15) is 67.7 Å². The van der Waals surface area contributed by atoms with E-state index in [-0.39, 0.29) is 115 Å². The zero-order valence-corrected chi connectivity index (χ0v) is 73.5. The maximum Gasteiger partial charge on any atom is 0.305 e. The highest BCUT2D eigenvalue weighted by molar-refractivity contribution is 8.00. The number of carboxylic acids is 1. The van der Waals surface area contributed by atoms with Gasteiger partial charge in [-0.1, -0.05) is 88.1 Å². The molecule has 2 aromatic heterocycles. The normalized spacial score (nSPS) is 25.4. The van der Waals surface area contributed by atoms with Crippen LogP contribution in [-0.4, -0.2) is 294 Å². The van der Waals surface area contributed by atoms with Crippen molar-refractivity contribution in [1.29, 1.82) is 0 Å². The Kier molecular flexibility index (Phi) is 36.7. The molecule has 4 fully saturated rings. The van der Waals surface area contributed by atoms with Gasteiger partial charge in [-0.25, -0.2) is 0 Å². The summed E-state index contributed by atoms with van der Waals surface area (Å²) >= 11 is 0.793. The van der Waals surface area contributed by atoms with Crippen molar-refractivity contribution in [2.45, 2.75) is 228 Å². The number of aliphatic carboxylic acids is 1. The first-order valence-electron chi connectivity index (χ1n) is 43.5. The monoisotopic (exact) mass is 1800 g/mol. The number of fused-ring (bicyclic) bond motifs is 5. The van der Waals surface area contributed by atoms with E-state index in [1.165, 1.54) is 60.0 Å². The number of nitrogens with one attached hydrogen (secondary N) is 11. The molecule has 0 aliphatic carbocycles. The number of carbonyl (C=O) groups is 18. The van der Waals surface area contributed by atoms with Crippen LogP contribution in [0.25, 0.3) is 21.8 Å². The minimum atomic E-state index is -1.87. The lowest BCUT2D eigenvalue weighted by Gasteiger charge is -2.36. The second kappa shape index (κ2) is 47.3. The molecular weight excluding hydrogens is 1680 g/mol. The topological polar surface area (TPSA) is 608 Å². The number of nitrogens with zero attached hydrogens (tertiary/aromatic N) is 5. The largest absolute Gasteiger partial charge is 0.508 e. The number of primary amides is 2. The zero-order chi connectivity index (χ0) is 93.2. The van der Waals surface area contributed by atoms with E-state index in [0.717, 1.165) is 21.6 Å². The SMILES string of the molecule is CCCC[C@@H]1C(=O)N(C)[C@H](CCCC)C(=O)N[C@@H](C)C(=O)N[C@@H](C(=O)NCC(N)=O)CSCC(=O)N[C@@H](Cc2ccc(O)cc2)C(=O)N2CCCC2C(=O)N[C@H](CC(=O)O)C(=O)N2CCC[C@H]2C(=O)N[C@H](CN)C(=O)N[C@@H](CCC(N)=O)C(=O)N2CCCC2C(=O)N[C@H](Cc2c[nH]c3ccccc23)C(=O)C[C@@H](CCN)C(=O)N[C@@H](Cc2c[nH]c3ccccc23)C(=O)N1C. The molecular formula is C87H120N20O20S. The number of aromatic nitrogens is 2. The number of likely N-dealkylation sites (N-methyl/N-ethyl adjacent to an activating group) is 2. The fourth-order valence-corrected chi connectivity index (χ4v) is 17.6. The quantitative estimate of drug-likeness (QED) is 0.0345. The predicted molar refractivity (Wildman–Crippen MR) is 469 cm³/mol. The number of aromatic amines is 2. The number of Topliss-reactive ketones (excluding diaryl/α,β-unsaturated/α-hetero) is 1. The van der Waals surface area contributed by atoms with Crippen LogP contribution in [0.15, 0.2) is 85.2 Å². The molecule has 16 amide bonds. The number of unbranched alkanes of at least 4 members (excludes halogenated alkanes) is 2. The summed E-state index contributed by atoms with van der Waals surface area (Å²) < 4.78 is 0. The first-order chi connectivity index (χ1) is 61.1. The Hall–Kier alpha value is -12.5. The Bertz CT molecular complexity index is 4870. The Morgan fingerprint density at radius 3 is 1.53 bits per heavy atom. The molecule has 2 unspecified atom stereocenters. The molecule has 14 atom stereocenters. The third kappa shape index (κ3) is 26.6. The molecule has 0 radical (unpaired) electrons. The van der Waals surface area contributed by atoms with Crippen LogP contribution < -0.4 is 70.8 Å². The van der Waals surface area contributed by atoms with E-state index < -0.39 is 235 Å². The number of carbonyl (C=O) groups excluding carboxylic acids is 17. The number of phenolic OH excluding ortho intramolecular Hbond substituents is 1. The maximum absolute atomic E-state index is 15.7. The number of thioether (sulfide) groups is 1. The van der Waals surface area contributed by atoms with Crippen LogP contribution in [0.3, 0.4) is 0 Å². The lowest BCUT2D eigenvalue weighted by molar-refractivity contribution is -0.149. The Morgan fingerprint density at radius 1 is 0.508 bits per heavy atom. The van der Waals surface area contributed by atoms with Gasteiger partial charge in [0.2, 0.25) is 94.5 Å². The Balaban J connectivity index is 1.07. The van der Waals surface area contributed by atoms with Gasteiger partial charge in [0.15, 0.2) is 5.78 Å². The molecule has 0 bridgehead atoms. The fraction of sp³-hybridized carbons (Fsp3) is 0.540. The number of ketones is 1. The van der Waals surface area contributed by atoms with Crippen molar-refractivity contribution in [1.82, 2.24) is 82.3 Å². The van der Waals surface area contributed by atoms with Crippen LogP contribution in [0.5, 0.6) is 5.75 Å². The van der Waals surface area contributed by atoms with Crippen molar-refractivity contribution in [3.05, 3.63) is 102 Å². The molecule has 0 saturated carbocycles. The van der Waals surface area contributed by atoms with Gasteiger partial charge in [-0.15, -0.1) is 11.8 Å². The van der Waals surface area contributed by atoms with Crippen LogP contribution in [0.2, 0.25) is 0 Å². The van der Waals surface area contributed by atoms with Gasteiger partial charge >= 0.3 is 5.97 Å². The van der Waals surface area contributed by atoms with E-state index in [2.05, 4.69) is 57.8 Å². The zero-order valence-electron chi connectivity index (χ0n) is 72.7. The molecule has 694 valence electrons. The van der Waals surface area contributed by atoms with Crippen molar-refractivity contribution in [3.8, 4) is 5.75 Å². The molecule has 4 saturated heterocycles. The highest BCUT2D eigenvalue weighted by atomic mass is 32.2. The number of H-pyrrole nitrogens is 2. The van der Waals surface area contributed by atoms with Gasteiger partial charge in [-0.3, -0.25) is 86.3 Å². The molecule has 5 aromatic rings. The molecule has 0 spiro atoms. The van der Waals surface area contributed by atoms with Crippen molar-refractivity contribution >= 4 is 140 Å². The number of rotatable bonds is 23. The van der Waals surface area contributed by atoms with Gasteiger partial charge in [0.25, 0.3) is 0 Å². The van der Waals surface area contributed by atoms with Crippen LogP contribution >= 0.6 is 11.8 Å². The average Bonchev–Trinajstić information content (AvgIpc) is 1.75. The first-order valence-corrected chi connectivity index (χ1v) is 44.6. The third-order valence-electron chi connectivity index (χ3n) is 23.8. The summed E-state index contributed by atoms with van der Waals surface area (Å²) in [4.78, 5) is 272. The average molecular weight is 1800 g/mol. The van der Waals surface area contributed by atoms with Crippen molar-refractivity contribution in [3.63, 3.8) is 0 Å². The molecule has 4 aliphatic rings. The second-order valence-electron chi connectivity index (χ2n) is 33.0. The number of aromatic hydroxyl groups is 1. The molecule has 3 aromatic carbocycles. The lowest BCUT2D eigenvalue weighted by atomic mass is 9.91. The van der Waals surface area contributed by atoms with Gasteiger partial charge in [0, 0.05) is 118 Å². The van der Waals surface area contributed by atoms with Crippen molar-refractivity contribution in [2.24, 2.45) is 28.9 Å². The van der Waals surface area contributed by atoms with Gasteiger partial charge in [-0.05, 0) is 119 Å². The standard InChI is InChI=1S/C87H120N20O20S/c1-6-8-21-65-79(119)95-48(3)75(115)102-64(77(117)94-45-72(91)111)46-128-47-73(112)96-60(37-49-26-28-53(108)29-27-49)85(125)106-35-15-24-67(106)81(121)100-62(41-74(113)114)86(126)107-36-16-25-68(107)82(122)101-63(42-89)78(118)97-58(30-31-71(90)110)84(124)105-34-14-23-66(105)80(120)98-59(38-51-43-92-56-19-12-10-17-54(51)56)70(109)40-50(32-33-88)76(116)99-61(39-52-44-93-57-20-13-11-18-55(52)57)83(123)104(5)69(22-9-7-2)87(127)103(65)4/h10-13,17-20,26-29,43-44,48,50,58-69,92-93,108H,6-9,14-16,21-25,30-42,45-47,88-89H2,1-5H3,(H2,90,110)(H2,91,111)(H,94,117)(H,95,119)(H,96,112)(H,97,118)(H,98,120)(H,99,116)(H,100,121)(H,101,122)(H,102,115)(H,113,114)/t48-,50+,58-,59+,60-,61-,62+,63+,64+,65+,66?,67?,68-,69+/m0/s1. The summed E-state index contributed by atoms with van der Waals surface area (Å²) in [5.41, 5.74) is 26.4. The highest BCUT2D eigenvalue weighted by Crippen LogP contribution is 2.29. The van der Waals surface area contributed by atoms with E-state index in [1.54, 1.807) is 48.8 Å². The van der Waals surface area contributed by atoms with Crippen LogP contribution in [0.1, 0.15) is 147 Å². The molecule has 9 rings (SSSR count). The molecule has 4 aliphatic heterocycles. The number of benzene rings is 3. The number of phenols is 1. The predicted octanol–water partition coefficient (Wildman–Crippen LogP) is -1.74. The Morgan fingerprint density at radius 2 is 1.00 bits per heavy atom. The van der Waals surface area contributed by atoms with Gasteiger partial charge in [0.1, 0.15) is 78.3 Å². The molecule has 41 heteroatoms. The van der Waals surface area contributed by atoms with Crippen LogP contribution in [-0.2, 0) is 106 Å². The lowest BCUT2D eigenvalue weighted by Crippen LogP contribution is -2.61. The fourth-order valence-electron chi connectivity index (χ4n) is 16.7. The third-order valence-corrected chi connectivity index (χ3v) is 24.8. The summed E-state index contributed by atoms with van der Waals surface area (Å²) in [6.45, 7) is 3.27. The molecule has 6 heterocycles. The molecule has 40 nitrogen and oxygen atoms in total. The van der Waals surface area contributed by atoms with Gasteiger partial charge < -0.3 is 115 Å². The summed E-state index contributed by atoms with van der Waals surface area (Å²) in [6, 6.07) is 0.813. The second-order valence-corrected chi connectivity index (χ2v) is 34.0. The minimum Gasteiger partial charge on any atom is -0.508 e. The van der Waals surface area contributed by atoms with Crippen LogP contribution in [0.4, 0.5) is 0 Å². The number of amides is 16. The van der Waals surface area contributed by atoms with E-state index >= 15 is 28.8 Å². The summed E-state index contributed by atoms with van der Waals surface area (Å²) in [7, 11) is 2.78. The number of para-hydroxylation sites is 2. The van der Waals surface area contributed by atoms with Gasteiger partial charge in [-0.2, -0.15) is 0 Å². The first kappa shape index (κ1) is 99.2. The maximum atomic E-state index is 15.7. The number of nitrogens with two attached hydrogens (primary N) is 4. The van der Waals surface area contributed by atoms with E-state index in [0.29, 0.717) is 64.2 Å². The molecule has 128 heavy (non-hydrogen) atoms.